The Hall–Kier alpha value is -3.34. The van der Waals surface area contributed by atoms with E-state index < -0.39 is 0 Å². The molecule has 27 heavy (non-hydrogen) atoms. The van der Waals surface area contributed by atoms with Crippen molar-refractivity contribution >= 4 is 22.7 Å². The molecule has 0 bridgehead atoms. The highest BCUT2D eigenvalue weighted by atomic mass is 15.1. The van der Waals surface area contributed by atoms with Gasteiger partial charge in [0.1, 0.15) is 5.82 Å². The minimum atomic E-state index is 0.652. The molecule has 0 aliphatic carbocycles. The van der Waals surface area contributed by atoms with Crippen LogP contribution >= 0.6 is 0 Å². The van der Waals surface area contributed by atoms with Gasteiger partial charge in [0.15, 0.2) is 0 Å². The highest BCUT2D eigenvalue weighted by Crippen LogP contribution is 2.18. The SMILES string of the molecule is c1ccc(CCNc2ccnc(NCCc3c[nH]c4ccccc34)n2)cc1. The third kappa shape index (κ3) is 4.44. The molecule has 0 saturated carbocycles. The molecule has 4 rings (SSSR count). The van der Waals surface area contributed by atoms with Crippen LogP contribution in [0.4, 0.5) is 11.8 Å². The lowest BCUT2D eigenvalue weighted by Crippen LogP contribution is -2.10. The van der Waals surface area contributed by atoms with Crippen LogP contribution in [0.5, 0.6) is 0 Å². The van der Waals surface area contributed by atoms with Crippen LogP contribution in [0.3, 0.4) is 0 Å². The third-order valence-electron chi connectivity index (χ3n) is 4.57. The Balaban J connectivity index is 1.29. The van der Waals surface area contributed by atoms with E-state index in [4.69, 9.17) is 0 Å². The Morgan fingerprint density at radius 2 is 1.63 bits per heavy atom. The second-order valence-corrected chi connectivity index (χ2v) is 6.46. The van der Waals surface area contributed by atoms with E-state index in [2.05, 4.69) is 74.2 Å². The standard InChI is InChI=1S/C22H23N5/c1-2-6-17(7-3-1)10-13-23-21-12-15-25-22(27-21)24-14-11-18-16-26-20-9-5-4-8-19(18)20/h1-9,12,15-16,26H,10-11,13-14H2,(H2,23,24,25,27). The van der Waals surface area contributed by atoms with Crippen LogP contribution in [0.15, 0.2) is 73.1 Å². The van der Waals surface area contributed by atoms with Crippen LogP contribution < -0.4 is 10.6 Å². The van der Waals surface area contributed by atoms with E-state index in [1.165, 1.54) is 22.0 Å². The first kappa shape index (κ1) is 17.1. The van der Waals surface area contributed by atoms with Crippen molar-refractivity contribution in [3.63, 3.8) is 0 Å². The maximum Gasteiger partial charge on any atom is 0.224 e. The highest BCUT2D eigenvalue weighted by molar-refractivity contribution is 5.83. The second-order valence-electron chi connectivity index (χ2n) is 6.46. The van der Waals surface area contributed by atoms with Gasteiger partial charge in [-0.3, -0.25) is 0 Å². The molecule has 0 fully saturated rings. The average Bonchev–Trinajstić information content (AvgIpc) is 3.13. The predicted molar refractivity (Wildman–Crippen MR) is 111 cm³/mol. The largest absolute Gasteiger partial charge is 0.370 e. The molecule has 5 heteroatoms. The molecule has 2 aromatic heterocycles. The number of H-pyrrole nitrogens is 1. The van der Waals surface area contributed by atoms with Crippen LogP contribution in [-0.4, -0.2) is 28.0 Å². The molecule has 2 aromatic carbocycles. The molecular formula is C22H23N5. The van der Waals surface area contributed by atoms with Crippen LogP contribution in [-0.2, 0) is 12.8 Å². The lowest BCUT2D eigenvalue weighted by atomic mass is 10.1. The second kappa shape index (κ2) is 8.36. The van der Waals surface area contributed by atoms with Crippen molar-refractivity contribution in [1.82, 2.24) is 15.0 Å². The van der Waals surface area contributed by atoms with Crippen molar-refractivity contribution in [1.29, 1.82) is 0 Å². The number of nitrogens with one attached hydrogen (secondary N) is 3. The zero-order chi connectivity index (χ0) is 18.3. The molecule has 0 unspecified atom stereocenters. The Bertz CT molecular complexity index is 994. The molecule has 0 aliphatic heterocycles. The number of rotatable bonds is 8. The summed E-state index contributed by atoms with van der Waals surface area (Å²) in [6.07, 6.45) is 5.74. The Labute approximate surface area is 158 Å². The molecule has 0 amide bonds. The van der Waals surface area contributed by atoms with Gasteiger partial charge in [-0.15, -0.1) is 0 Å². The van der Waals surface area contributed by atoms with Crippen LogP contribution in [0.1, 0.15) is 11.1 Å². The van der Waals surface area contributed by atoms with E-state index in [0.717, 1.165) is 31.7 Å². The molecule has 136 valence electrons. The van der Waals surface area contributed by atoms with Gasteiger partial charge in [0, 0.05) is 36.4 Å². The van der Waals surface area contributed by atoms with E-state index in [1.54, 1.807) is 6.20 Å². The number of aromatic amines is 1. The van der Waals surface area contributed by atoms with Gasteiger partial charge in [-0.25, -0.2) is 4.98 Å². The maximum atomic E-state index is 4.54. The van der Waals surface area contributed by atoms with Gasteiger partial charge in [0.2, 0.25) is 5.95 Å². The summed E-state index contributed by atoms with van der Waals surface area (Å²) in [5.41, 5.74) is 3.79. The van der Waals surface area contributed by atoms with Gasteiger partial charge >= 0.3 is 0 Å². The third-order valence-corrected chi connectivity index (χ3v) is 4.57. The molecule has 0 radical (unpaired) electrons. The first-order chi connectivity index (χ1) is 13.4. The average molecular weight is 357 g/mol. The van der Waals surface area contributed by atoms with Crippen molar-refractivity contribution in [3.05, 3.63) is 84.2 Å². The number of nitrogens with zero attached hydrogens (tertiary/aromatic N) is 2. The van der Waals surface area contributed by atoms with Crippen LogP contribution in [0.2, 0.25) is 0 Å². The Morgan fingerprint density at radius 3 is 2.56 bits per heavy atom. The summed E-state index contributed by atoms with van der Waals surface area (Å²) in [4.78, 5) is 12.2. The zero-order valence-electron chi connectivity index (χ0n) is 15.2. The lowest BCUT2D eigenvalue weighted by molar-refractivity contribution is 0.973. The van der Waals surface area contributed by atoms with Crippen molar-refractivity contribution in [2.45, 2.75) is 12.8 Å². The van der Waals surface area contributed by atoms with E-state index in [-0.39, 0.29) is 0 Å². The molecule has 4 aromatic rings. The van der Waals surface area contributed by atoms with Crippen molar-refractivity contribution in [2.24, 2.45) is 0 Å². The highest BCUT2D eigenvalue weighted by Gasteiger charge is 2.04. The smallest absolute Gasteiger partial charge is 0.224 e. The minimum Gasteiger partial charge on any atom is -0.370 e. The summed E-state index contributed by atoms with van der Waals surface area (Å²) in [6.45, 7) is 1.63. The first-order valence-electron chi connectivity index (χ1n) is 9.28. The summed E-state index contributed by atoms with van der Waals surface area (Å²) in [5, 5.41) is 7.96. The van der Waals surface area contributed by atoms with Crippen molar-refractivity contribution in [2.75, 3.05) is 23.7 Å². The summed E-state index contributed by atoms with van der Waals surface area (Å²) in [5.74, 6) is 1.50. The fourth-order valence-corrected chi connectivity index (χ4v) is 3.17. The molecule has 2 heterocycles. The molecule has 5 nitrogen and oxygen atoms in total. The number of fused-ring (bicyclic) bond motifs is 1. The summed E-state index contributed by atoms with van der Waals surface area (Å²) >= 11 is 0. The number of hydrogen-bond acceptors (Lipinski definition) is 4. The maximum absolute atomic E-state index is 4.54. The number of aromatic nitrogens is 3. The minimum absolute atomic E-state index is 0.652. The first-order valence-corrected chi connectivity index (χ1v) is 9.28. The van der Waals surface area contributed by atoms with E-state index in [1.807, 2.05) is 18.2 Å². The van der Waals surface area contributed by atoms with Crippen LogP contribution in [0.25, 0.3) is 10.9 Å². The monoisotopic (exact) mass is 357 g/mol. The molecule has 0 atom stereocenters. The topological polar surface area (TPSA) is 65.6 Å². The normalized spacial score (nSPS) is 10.8. The Kier molecular flexibility index (Phi) is 5.29. The molecule has 0 aliphatic rings. The van der Waals surface area contributed by atoms with E-state index >= 15 is 0 Å². The molecule has 3 N–H and O–H groups in total. The molecular weight excluding hydrogens is 334 g/mol. The van der Waals surface area contributed by atoms with Gasteiger partial charge in [-0.1, -0.05) is 48.5 Å². The van der Waals surface area contributed by atoms with Crippen molar-refractivity contribution in [3.8, 4) is 0 Å². The lowest BCUT2D eigenvalue weighted by Gasteiger charge is -2.08. The zero-order valence-corrected chi connectivity index (χ0v) is 15.2. The fraction of sp³-hybridized carbons (Fsp3) is 0.182. The van der Waals surface area contributed by atoms with Gasteiger partial charge < -0.3 is 15.6 Å². The molecule has 0 spiro atoms. The number of benzene rings is 2. The van der Waals surface area contributed by atoms with Gasteiger partial charge in [-0.2, -0.15) is 4.98 Å². The quantitative estimate of drug-likeness (QED) is 0.441. The summed E-state index contributed by atoms with van der Waals surface area (Å²) < 4.78 is 0. The van der Waals surface area contributed by atoms with Gasteiger partial charge in [0.05, 0.1) is 0 Å². The van der Waals surface area contributed by atoms with Gasteiger partial charge in [-0.05, 0) is 36.1 Å². The predicted octanol–water partition coefficient (Wildman–Crippen LogP) is 4.27. The van der Waals surface area contributed by atoms with E-state index in [9.17, 15) is 0 Å². The number of anilines is 2. The summed E-state index contributed by atoms with van der Waals surface area (Å²) in [7, 11) is 0. The van der Waals surface area contributed by atoms with Crippen molar-refractivity contribution < 1.29 is 0 Å². The van der Waals surface area contributed by atoms with Crippen LogP contribution in [0, 0.1) is 0 Å². The fourth-order valence-electron chi connectivity index (χ4n) is 3.17. The molecule has 0 saturated heterocycles. The number of para-hydroxylation sites is 1. The Morgan fingerprint density at radius 1 is 0.815 bits per heavy atom. The van der Waals surface area contributed by atoms with Gasteiger partial charge in [0.25, 0.3) is 0 Å². The number of hydrogen-bond donors (Lipinski definition) is 3. The summed E-state index contributed by atoms with van der Waals surface area (Å²) in [6, 6.07) is 20.7. The van der Waals surface area contributed by atoms with E-state index in [0.29, 0.717) is 5.95 Å².